The fourth-order valence-electron chi connectivity index (χ4n) is 2.06. The molecular formula is C12H24N2O. The van der Waals surface area contributed by atoms with Gasteiger partial charge in [0.25, 0.3) is 0 Å². The third-order valence-electron chi connectivity index (χ3n) is 3.51. The molecule has 0 aromatic heterocycles. The molecule has 3 N–H and O–H groups in total. The Kier molecular flexibility index (Phi) is 5.09. The lowest BCUT2D eigenvalue weighted by atomic mass is 9.94. The Morgan fingerprint density at radius 1 is 1.40 bits per heavy atom. The minimum atomic E-state index is -0.336. The summed E-state index contributed by atoms with van der Waals surface area (Å²) in [4.78, 5) is 11.8. The van der Waals surface area contributed by atoms with E-state index in [1.54, 1.807) is 0 Å². The fourth-order valence-corrected chi connectivity index (χ4v) is 2.06. The first-order valence-corrected chi connectivity index (χ1v) is 6.21. The van der Waals surface area contributed by atoms with Gasteiger partial charge in [0.05, 0.1) is 6.04 Å². The summed E-state index contributed by atoms with van der Waals surface area (Å²) in [6.45, 7) is 4.10. The second kappa shape index (κ2) is 6.11. The number of carbonyl (C=O) groups excluding carboxylic acids is 1. The molecule has 1 rings (SSSR count). The Labute approximate surface area is 92.8 Å². The fraction of sp³-hybridized carbons (Fsp3) is 0.917. The SMILES string of the molecule is CCC(C)[C@H](N)C(=O)NC1CCCCC1. The molecule has 1 unspecified atom stereocenters. The van der Waals surface area contributed by atoms with Crippen molar-refractivity contribution in [3.8, 4) is 0 Å². The summed E-state index contributed by atoms with van der Waals surface area (Å²) < 4.78 is 0. The molecule has 0 aliphatic heterocycles. The second-order valence-electron chi connectivity index (χ2n) is 4.75. The lowest BCUT2D eigenvalue weighted by Gasteiger charge is -2.26. The highest BCUT2D eigenvalue weighted by Gasteiger charge is 2.22. The molecule has 2 atom stereocenters. The maximum Gasteiger partial charge on any atom is 0.237 e. The molecule has 3 heteroatoms. The molecule has 0 aromatic rings. The van der Waals surface area contributed by atoms with Gasteiger partial charge in [0.15, 0.2) is 0 Å². The maximum atomic E-state index is 11.8. The van der Waals surface area contributed by atoms with Crippen LogP contribution in [-0.2, 0) is 4.79 Å². The molecule has 15 heavy (non-hydrogen) atoms. The molecule has 0 heterocycles. The summed E-state index contributed by atoms with van der Waals surface area (Å²) >= 11 is 0. The van der Waals surface area contributed by atoms with Crippen LogP contribution in [0.2, 0.25) is 0 Å². The van der Waals surface area contributed by atoms with Crippen LogP contribution in [0.1, 0.15) is 52.4 Å². The molecule has 0 spiro atoms. The van der Waals surface area contributed by atoms with Crippen LogP contribution >= 0.6 is 0 Å². The molecule has 0 aromatic carbocycles. The highest BCUT2D eigenvalue weighted by molar-refractivity contribution is 5.82. The van der Waals surface area contributed by atoms with Gasteiger partial charge in [-0.15, -0.1) is 0 Å². The predicted octanol–water partition coefficient (Wildman–Crippen LogP) is 1.81. The van der Waals surface area contributed by atoms with Crippen molar-refractivity contribution in [3.05, 3.63) is 0 Å². The lowest BCUT2D eigenvalue weighted by molar-refractivity contribution is -0.124. The maximum absolute atomic E-state index is 11.8. The number of nitrogens with one attached hydrogen (secondary N) is 1. The molecule has 1 aliphatic rings. The molecule has 1 amide bonds. The molecule has 1 fully saturated rings. The zero-order valence-corrected chi connectivity index (χ0v) is 9.96. The third-order valence-corrected chi connectivity index (χ3v) is 3.51. The van der Waals surface area contributed by atoms with Crippen LogP contribution in [0.15, 0.2) is 0 Å². The van der Waals surface area contributed by atoms with Gasteiger partial charge in [0.1, 0.15) is 0 Å². The van der Waals surface area contributed by atoms with E-state index in [1.807, 2.05) is 6.92 Å². The van der Waals surface area contributed by atoms with E-state index >= 15 is 0 Å². The van der Waals surface area contributed by atoms with E-state index in [-0.39, 0.29) is 17.9 Å². The van der Waals surface area contributed by atoms with E-state index in [9.17, 15) is 4.79 Å². The van der Waals surface area contributed by atoms with Gasteiger partial charge in [-0.05, 0) is 18.8 Å². The van der Waals surface area contributed by atoms with Gasteiger partial charge in [-0.2, -0.15) is 0 Å². The molecule has 1 aliphatic carbocycles. The number of carbonyl (C=O) groups is 1. The van der Waals surface area contributed by atoms with Gasteiger partial charge in [0.2, 0.25) is 5.91 Å². The van der Waals surface area contributed by atoms with Crippen LogP contribution < -0.4 is 11.1 Å². The molecule has 88 valence electrons. The number of hydrogen-bond donors (Lipinski definition) is 2. The summed E-state index contributed by atoms with van der Waals surface area (Å²) in [5.74, 6) is 0.310. The van der Waals surface area contributed by atoms with E-state index in [2.05, 4.69) is 12.2 Å². The van der Waals surface area contributed by atoms with E-state index in [0.29, 0.717) is 6.04 Å². The average molecular weight is 212 g/mol. The minimum absolute atomic E-state index is 0.0382. The van der Waals surface area contributed by atoms with Gasteiger partial charge in [-0.3, -0.25) is 4.79 Å². The van der Waals surface area contributed by atoms with Crippen molar-refractivity contribution in [1.82, 2.24) is 5.32 Å². The standard InChI is InChI=1S/C12H24N2O/c1-3-9(2)11(13)12(15)14-10-7-5-4-6-8-10/h9-11H,3-8,13H2,1-2H3,(H,14,15)/t9?,11-/m0/s1. The van der Waals surface area contributed by atoms with Gasteiger partial charge in [-0.1, -0.05) is 39.5 Å². The summed E-state index contributed by atoms with van der Waals surface area (Å²) in [7, 11) is 0. The topological polar surface area (TPSA) is 55.1 Å². The normalized spacial score (nSPS) is 22.1. The Balaban J connectivity index is 2.33. The van der Waals surface area contributed by atoms with Gasteiger partial charge in [-0.25, -0.2) is 0 Å². The van der Waals surface area contributed by atoms with Crippen LogP contribution in [0.3, 0.4) is 0 Å². The van der Waals surface area contributed by atoms with Crippen molar-refractivity contribution in [1.29, 1.82) is 0 Å². The first kappa shape index (κ1) is 12.5. The molecule has 0 saturated heterocycles. The van der Waals surface area contributed by atoms with Crippen LogP contribution in [0.5, 0.6) is 0 Å². The van der Waals surface area contributed by atoms with Gasteiger partial charge < -0.3 is 11.1 Å². The number of amides is 1. The Morgan fingerprint density at radius 2 is 2.00 bits per heavy atom. The van der Waals surface area contributed by atoms with Crippen molar-refractivity contribution < 1.29 is 4.79 Å². The van der Waals surface area contributed by atoms with E-state index in [0.717, 1.165) is 19.3 Å². The van der Waals surface area contributed by atoms with Crippen molar-refractivity contribution in [2.45, 2.75) is 64.5 Å². The van der Waals surface area contributed by atoms with Gasteiger partial charge in [0, 0.05) is 6.04 Å². The van der Waals surface area contributed by atoms with Crippen LogP contribution in [0.4, 0.5) is 0 Å². The number of rotatable bonds is 4. The predicted molar refractivity (Wildman–Crippen MR) is 62.4 cm³/mol. The smallest absolute Gasteiger partial charge is 0.237 e. The zero-order chi connectivity index (χ0) is 11.3. The average Bonchev–Trinajstić information content (AvgIpc) is 2.28. The monoisotopic (exact) mass is 212 g/mol. The van der Waals surface area contributed by atoms with E-state index in [4.69, 9.17) is 5.73 Å². The Morgan fingerprint density at radius 3 is 2.53 bits per heavy atom. The first-order chi connectivity index (χ1) is 7.15. The second-order valence-corrected chi connectivity index (χ2v) is 4.75. The Bertz CT molecular complexity index is 200. The summed E-state index contributed by atoms with van der Waals surface area (Å²) in [6, 6.07) is 0.0401. The summed E-state index contributed by atoms with van der Waals surface area (Å²) in [5, 5.41) is 3.07. The van der Waals surface area contributed by atoms with Crippen molar-refractivity contribution >= 4 is 5.91 Å². The molecule has 0 radical (unpaired) electrons. The van der Waals surface area contributed by atoms with Crippen molar-refractivity contribution in [2.75, 3.05) is 0 Å². The number of hydrogen-bond acceptors (Lipinski definition) is 2. The minimum Gasteiger partial charge on any atom is -0.352 e. The zero-order valence-electron chi connectivity index (χ0n) is 9.96. The lowest BCUT2D eigenvalue weighted by Crippen LogP contribution is -2.48. The molecule has 3 nitrogen and oxygen atoms in total. The van der Waals surface area contributed by atoms with Crippen LogP contribution in [0.25, 0.3) is 0 Å². The van der Waals surface area contributed by atoms with Crippen LogP contribution in [-0.4, -0.2) is 18.0 Å². The van der Waals surface area contributed by atoms with Crippen molar-refractivity contribution in [3.63, 3.8) is 0 Å². The Hall–Kier alpha value is -0.570. The van der Waals surface area contributed by atoms with Gasteiger partial charge >= 0.3 is 0 Å². The van der Waals surface area contributed by atoms with Crippen molar-refractivity contribution in [2.24, 2.45) is 11.7 Å². The highest BCUT2D eigenvalue weighted by atomic mass is 16.2. The quantitative estimate of drug-likeness (QED) is 0.746. The highest BCUT2D eigenvalue weighted by Crippen LogP contribution is 2.17. The molecule has 1 saturated carbocycles. The summed E-state index contributed by atoms with van der Waals surface area (Å²) in [5.41, 5.74) is 5.88. The summed E-state index contributed by atoms with van der Waals surface area (Å²) in [6.07, 6.45) is 6.99. The largest absolute Gasteiger partial charge is 0.352 e. The molecule has 0 bridgehead atoms. The van der Waals surface area contributed by atoms with Crippen LogP contribution in [0, 0.1) is 5.92 Å². The number of nitrogens with two attached hydrogens (primary N) is 1. The first-order valence-electron chi connectivity index (χ1n) is 6.21. The third kappa shape index (κ3) is 3.82. The van der Waals surface area contributed by atoms with E-state index < -0.39 is 0 Å². The molecular weight excluding hydrogens is 188 g/mol. The van der Waals surface area contributed by atoms with E-state index in [1.165, 1.54) is 19.3 Å².